The molecule has 1 atom stereocenters. The molecule has 2 aromatic carbocycles. The van der Waals surface area contributed by atoms with Crippen molar-refractivity contribution < 1.29 is 17.2 Å². The molecular weight excluding hydrogens is 298 g/mol. The summed E-state index contributed by atoms with van der Waals surface area (Å²) in [4.78, 5) is -0.606. The second-order valence-electron chi connectivity index (χ2n) is 4.55. The second-order valence-corrected chi connectivity index (χ2v) is 6.23. The van der Waals surface area contributed by atoms with Gasteiger partial charge in [-0.25, -0.2) is 21.9 Å². The Morgan fingerprint density at radius 2 is 1.81 bits per heavy atom. The standard InChI is InChI=1S/C14H14F2N2O2S/c1-9(11-4-2-3-5-13(11)17)18-21(19,20)14-7-6-10(15)8-12(14)16/h2-9,18H,17H2,1H3. The predicted molar refractivity (Wildman–Crippen MR) is 75.9 cm³/mol. The molecule has 0 aliphatic heterocycles. The summed E-state index contributed by atoms with van der Waals surface area (Å²) in [6.07, 6.45) is 0. The van der Waals surface area contributed by atoms with Gasteiger partial charge in [0.25, 0.3) is 0 Å². The molecule has 112 valence electrons. The van der Waals surface area contributed by atoms with Crippen molar-refractivity contribution in [1.82, 2.24) is 4.72 Å². The molecule has 0 aliphatic carbocycles. The summed E-state index contributed by atoms with van der Waals surface area (Å²) in [6.45, 7) is 1.59. The van der Waals surface area contributed by atoms with Gasteiger partial charge in [0.05, 0.1) is 0 Å². The Kier molecular flexibility index (Phi) is 4.24. The van der Waals surface area contributed by atoms with Crippen molar-refractivity contribution in [2.24, 2.45) is 0 Å². The van der Waals surface area contributed by atoms with Crippen molar-refractivity contribution >= 4 is 15.7 Å². The van der Waals surface area contributed by atoms with Gasteiger partial charge in [0, 0.05) is 17.8 Å². The Morgan fingerprint density at radius 3 is 2.43 bits per heavy atom. The fraction of sp³-hybridized carbons (Fsp3) is 0.143. The van der Waals surface area contributed by atoms with Crippen molar-refractivity contribution in [1.29, 1.82) is 0 Å². The molecule has 4 nitrogen and oxygen atoms in total. The maximum atomic E-state index is 13.6. The minimum Gasteiger partial charge on any atom is -0.398 e. The van der Waals surface area contributed by atoms with Crippen LogP contribution in [0.1, 0.15) is 18.5 Å². The first-order valence-electron chi connectivity index (χ1n) is 6.13. The molecule has 0 amide bonds. The summed E-state index contributed by atoms with van der Waals surface area (Å²) >= 11 is 0. The van der Waals surface area contributed by atoms with E-state index >= 15 is 0 Å². The van der Waals surface area contributed by atoms with Gasteiger partial charge in [0.15, 0.2) is 0 Å². The fourth-order valence-corrected chi connectivity index (χ4v) is 3.24. The zero-order chi connectivity index (χ0) is 15.6. The van der Waals surface area contributed by atoms with Crippen LogP contribution in [0.15, 0.2) is 47.4 Å². The molecule has 2 aromatic rings. The van der Waals surface area contributed by atoms with Gasteiger partial charge in [-0.2, -0.15) is 0 Å². The third-order valence-corrected chi connectivity index (χ3v) is 4.55. The van der Waals surface area contributed by atoms with Crippen LogP contribution in [0.2, 0.25) is 0 Å². The van der Waals surface area contributed by atoms with Gasteiger partial charge in [-0.3, -0.25) is 0 Å². The monoisotopic (exact) mass is 312 g/mol. The Hall–Kier alpha value is -1.99. The first-order chi connectivity index (χ1) is 9.81. The molecule has 0 aromatic heterocycles. The Bertz CT molecular complexity index is 763. The highest BCUT2D eigenvalue weighted by Crippen LogP contribution is 2.23. The molecule has 3 N–H and O–H groups in total. The number of sulfonamides is 1. The van der Waals surface area contributed by atoms with Gasteiger partial charge in [-0.15, -0.1) is 0 Å². The van der Waals surface area contributed by atoms with Crippen LogP contribution >= 0.6 is 0 Å². The van der Waals surface area contributed by atoms with Gasteiger partial charge in [0.1, 0.15) is 16.5 Å². The van der Waals surface area contributed by atoms with Crippen molar-refractivity contribution in [2.45, 2.75) is 17.9 Å². The first kappa shape index (κ1) is 15.4. The van der Waals surface area contributed by atoms with Crippen LogP contribution < -0.4 is 10.5 Å². The molecule has 0 fully saturated rings. The first-order valence-corrected chi connectivity index (χ1v) is 7.61. The number of hydrogen-bond acceptors (Lipinski definition) is 3. The Labute approximate surface area is 121 Å². The summed E-state index contributed by atoms with van der Waals surface area (Å²) in [5.74, 6) is -1.98. The quantitative estimate of drug-likeness (QED) is 0.852. The highest BCUT2D eigenvalue weighted by molar-refractivity contribution is 7.89. The summed E-state index contributed by atoms with van der Waals surface area (Å²) in [5, 5.41) is 0. The topological polar surface area (TPSA) is 72.2 Å². The van der Waals surface area contributed by atoms with Crippen molar-refractivity contribution in [3.63, 3.8) is 0 Å². The van der Waals surface area contributed by atoms with Crippen molar-refractivity contribution in [3.8, 4) is 0 Å². The number of nitrogens with two attached hydrogens (primary N) is 1. The number of para-hydroxylation sites is 1. The fourth-order valence-electron chi connectivity index (χ4n) is 1.96. The third kappa shape index (κ3) is 3.37. The molecule has 0 saturated heterocycles. The van der Waals surface area contributed by atoms with E-state index in [2.05, 4.69) is 4.72 Å². The van der Waals surface area contributed by atoms with Crippen LogP contribution in [0.3, 0.4) is 0 Å². The lowest BCUT2D eigenvalue weighted by Gasteiger charge is -2.16. The van der Waals surface area contributed by atoms with Crippen molar-refractivity contribution in [2.75, 3.05) is 5.73 Å². The van der Waals surface area contributed by atoms with E-state index < -0.39 is 32.6 Å². The maximum Gasteiger partial charge on any atom is 0.244 e. The van der Waals surface area contributed by atoms with Gasteiger partial charge >= 0.3 is 0 Å². The molecule has 0 spiro atoms. The minimum atomic E-state index is -4.12. The van der Waals surface area contributed by atoms with Gasteiger partial charge in [0.2, 0.25) is 10.0 Å². The summed E-state index contributed by atoms with van der Waals surface area (Å²) in [5.41, 5.74) is 6.77. The number of benzene rings is 2. The van der Waals surface area contributed by atoms with E-state index in [9.17, 15) is 17.2 Å². The highest BCUT2D eigenvalue weighted by Gasteiger charge is 2.23. The van der Waals surface area contributed by atoms with Crippen LogP contribution in [0, 0.1) is 11.6 Å². The molecule has 7 heteroatoms. The van der Waals surface area contributed by atoms with Crippen LogP contribution in [-0.2, 0) is 10.0 Å². The lowest BCUT2D eigenvalue weighted by atomic mass is 10.1. The van der Waals surface area contributed by atoms with Crippen LogP contribution in [-0.4, -0.2) is 8.42 Å². The predicted octanol–water partition coefficient (Wildman–Crippen LogP) is 2.59. The smallest absolute Gasteiger partial charge is 0.244 e. The van der Waals surface area contributed by atoms with E-state index in [0.717, 1.165) is 12.1 Å². The molecule has 2 rings (SSSR count). The number of nitrogen functional groups attached to an aromatic ring is 1. The largest absolute Gasteiger partial charge is 0.398 e. The molecule has 1 unspecified atom stereocenters. The number of rotatable bonds is 4. The van der Waals surface area contributed by atoms with E-state index in [4.69, 9.17) is 5.73 Å². The number of anilines is 1. The summed E-state index contributed by atoms with van der Waals surface area (Å²) in [6, 6.07) is 8.39. The van der Waals surface area contributed by atoms with Gasteiger partial charge in [-0.05, 0) is 30.7 Å². The maximum absolute atomic E-state index is 13.6. The van der Waals surface area contributed by atoms with Crippen LogP contribution in [0.4, 0.5) is 14.5 Å². The molecular formula is C14H14F2N2O2S. The van der Waals surface area contributed by atoms with E-state index in [0.29, 0.717) is 17.3 Å². The third-order valence-electron chi connectivity index (χ3n) is 2.98. The lowest BCUT2D eigenvalue weighted by Crippen LogP contribution is -2.28. The molecule has 0 radical (unpaired) electrons. The molecule has 0 bridgehead atoms. The molecule has 0 aliphatic rings. The van der Waals surface area contributed by atoms with Crippen LogP contribution in [0.25, 0.3) is 0 Å². The van der Waals surface area contributed by atoms with E-state index in [1.54, 1.807) is 31.2 Å². The number of halogens is 2. The Balaban J connectivity index is 2.31. The molecule has 0 saturated carbocycles. The zero-order valence-corrected chi connectivity index (χ0v) is 12.0. The van der Waals surface area contributed by atoms with E-state index in [-0.39, 0.29) is 0 Å². The minimum absolute atomic E-state index is 0.423. The average molecular weight is 312 g/mol. The SMILES string of the molecule is CC(NS(=O)(=O)c1ccc(F)cc1F)c1ccccc1N. The molecule has 0 heterocycles. The summed E-state index contributed by atoms with van der Waals surface area (Å²) < 4.78 is 53.0. The summed E-state index contributed by atoms with van der Waals surface area (Å²) in [7, 11) is -4.12. The second kappa shape index (κ2) is 5.79. The lowest BCUT2D eigenvalue weighted by molar-refractivity contribution is 0.537. The van der Waals surface area contributed by atoms with Gasteiger partial charge in [-0.1, -0.05) is 18.2 Å². The normalized spacial score (nSPS) is 13.1. The highest BCUT2D eigenvalue weighted by atomic mass is 32.2. The number of nitrogens with one attached hydrogen (secondary N) is 1. The van der Waals surface area contributed by atoms with Crippen LogP contribution in [0.5, 0.6) is 0 Å². The van der Waals surface area contributed by atoms with E-state index in [1.807, 2.05) is 0 Å². The molecule has 21 heavy (non-hydrogen) atoms. The van der Waals surface area contributed by atoms with Gasteiger partial charge < -0.3 is 5.73 Å². The average Bonchev–Trinajstić information content (AvgIpc) is 2.37. The zero-order valence-electron chi connectivity index (χ0n) is 11.2. The number of hydrogen-bond donors (Lipinski definition) is 2. The Morgan fingerprint density at radius 1 is 1.14 bits per heavy atom. The van der Waals surface area contributed by atoms with Crippen molar-refractivity contribution in [3.05, 3.63) is 59.7 Å². The van der Waals surface area contributed by atoms with E-state index in [1.165, 1.54) is 0 Å².